The highest BCUT2D eigenvalue weighted by Gasteiger charge is 1.92. The Bertz CT molecular complexity index is 180. The third kappa shape index (κ3) is 2.22. The second-order valence-corrected chi connectivity index (χ2v) is 2.48. The Morgan fingerprint density at radius 2 is 1.70 bits per heavy atom. The second kappa shape index (κ2) is 4.10. The summed E-state index contributed by atoms with van der Waals surface area (Å²) >= 11 is 0. The van der Waals surface area contributed by atoms with Gasteiger partial charge in [-0.1, -0.05) is 24.3 Å². The second-order valence-electron chi connectivity index (χ2n) is 2.48. The van der Waals surface area contributed by atoms with E-state index in [1.807, 2.05) is 6.08 Å². The van der Waals surface area contributed by atoms with Gasteiger partial charge in [0.05, 0.1) is 0 Å². The lowest BCUT2D eigenvalue weighted by Gasteiger charge is -2.02. The van der Waals surface area contributed by atoms with Crippen LogP contribution in [0, 0.1) is 0 Å². The Morgan fingerprint density at radius 3 is 2.00 bits per heavy atom. The van der Waals surface area contributed by atoms with Gasteiger partial charge in [0, 0.05) is 0 Å². The van der Waals surface area contributed by atoms with Gasteiger partial charge in [0.2, 0.25) is 0 Å². The fraction of sp³-hybridized carbons (Fsp3) is 0.400. The highest BCUT2D eigenvalue weighted by atomic mass is 14.0. The molecule has 10 heavy (non-hydrogen) atoms. The molecule has 56 valence electrons. The molecule has 0 heteroatoms. The first kappa shape index (κ1) is 9.22. The maximum atomic E-state index is 3.71. The number of hydrogen-bond donors (Lipinski definition) is 0. The van der Waals surface area contributed by atoms with Gasteiger partial charge in [-0.2, -0.15) is 0 Å². The van der Waals surface area contributed by atoms with Gasteiger partial charge >= 0.3 is 0 Å². The van der Waals surface area contributed by atoms with Crippen molar-refractivity contribution in [3.05, 3.63) is 35.5 Å². The van der Waals surface area contributed by atoms with Gasteiger partial charge in [-0.15, -0.1) is 0 Å². The highest BCUT2D eigenvalue weighted by molar-refractivity contribution is 5.35. The van der Waals surface area contributed by atoms with E-state index in [-0.39, 0.29) is 0 Å². The molecule has 0 unspecified atom stereocenters. The predicted octanol–water partition coefficient (Wildman–Crippen LogP) is 3.48. The fourth-order valence-corrected chi connectivity index (χ4v) is 0.681. The van der Waals surface area contributed by atoms with Crippen molar-refractivity contribution in [2.24, 2.45) is 0 Å². The predicted molar refractivity (Wildman–Crippen MR) is 48.0 cm³/mol. The zero-order chi connectivity index (χ0) is 8.15. The van der Waals surface area contributed by atoms with Crippen molar-refractivity contribution in [3.8, 4) is 0 Å². The molecule has 0 saturated heterocycles. The highest BCUT2D eigenvalue weighted by Crippen LogP contribution is 2.13. The number of allylic oxidation sites excluding steroid dienone is 5. The first-order valence-electron chi connectivity index (χ1n) is 3.56. The summed E-state index contributed by atoms with van der Waals surface area (Å²) in [5.74, 6) is 0. The molecule has 0 atom stereocenters. The zero-order valence-corrected chi connectivity index (χ0v) is 7.36. The van der Waals surface area contributed by atoms with Crippen molar-refractivity contribution in [2.45, 2.75) is 27.7 Å². The Kier molecular flexibility index (Phi) is 3.78. The first-order chi connectivity index (χ1) is 4.63. The lowest BCUT2D eigenvalue weighted by atomic mass is 10.0. The Balaban J connectivity index is 4.63. The molecule has 0 aliphatic heterocycles. The Morgan fingerprint density at radius 1 is 1.20 bits per heavy atom. The van der Waals surface area contributed by atoms with Gasteiger partial charge in [-0.05, 0) is 38.8 Å². The smallest absolute Gasteiger partial charge is 0.0393 e. The van der Waals surface area contributed by atoms with E-state index in [2.05, 4.69) is 40.3 Å². The van der Waals surface area contributed by atoms with Gasteiger partial charge < -0.3 is 0 Å². The molecule has 0 amide bonds. The summed E-state index contributed by atoms with van der Waals surface area (Å²) in [5.41, 5.74) is 3.92. The van der Waals surface area contributed by atoms with E-state index < -0.39 is 0 Å². The van der Waals surface area contributed by atoms with Crippen molar-refractivity contribution >= 4 is 0 Å². The van der Waals surface area contributed by atoms with Gasteiger partial charge in [0.1, 0.15) is 0 Å². The summed E-state index contributed by atoms with van der Waals surface area (Å²) in [6, 6.07) is 0. The standard InChI is InChI=1S/C10H16/c1-6-8(3)10(5)9(4)7-2/h6-7H,1H2,2-5H3. The lowest BCUT2D eigenvalue weighted by Crippen LogP contribution is -1.82. The summed E-state index contributed by atoms with van der Waals surface area (Å²) in [6.45, 7) is 12.1. The fourth-order valence-electron chi connectivity index (χ4n) is 0.681. The van der Waals surface area contributed by atoms with E-state index in [0.717, 1.165) is 0 Å². The minimum atomic E-state index is 1.26. The molecule has 0 spiro atoms. The van der Waals surface area contributed by atoms with E-state index >= 15 is 0 Å². The van der Waals surface area contributed by atoms with Crippen molar-refractivity contribution in [1.82, 2.24) is 0 Å². The van der Waals surface area contributed by atoms with Gasteiger partial charge in [-0.3, -0.25) is 0 Å². The third-order valence-corrected chi connectivity index (χ3v) is 1.92. The molecule has 0 aromatic carbocycles. The Hall–Kier alpha value is -0.780. The maximum absolute atomic E-state index is 3.71. The monoisotopic (exact) mass is 136 g/mol. The molecular formula is C10H16. The number of rotatable bonds is 2. The molecule has 0 aromatic rings. The van der Waals surface area contributed by atoms with Crippen molar-refractivity contribution < 1.29 is 0 Å². The van der Waals surface area contributed by atoms with Crippen LogP contribution in [0.3, 0.4) is 0 Å². The van der Waals surface area contributed by atoms with E-state index in [1.54, 1.807) is 0 Å². The average Bonchev–Trinajstić information content (AvgIpc) is 2.00. The molecule has 0 radical (unpaired) electrons. The van der Waals surface area contributed by atoms with Gasteiger partial charge in [0.25, 0.3) is 0 Å². The van der Waals surface area contributed by atoms with Crippen LogP contribution in [0.15, 0.2) is 35.5 Å². The molecule has 0 bridgehead atoms. The van der Waals surface area contributed by atoms with Gasteiger partial charge in [-0.25, -0.2) is 0 Å². The normalized spacial score (nSPS) is 14.6. The van der Waals surface area contributed by atoms with Crippen LogP contribution in [0.1, 0.15) is 27.7 Å². The van der Waals surface area contributed by atoms with Crippen LogP contribution in [0.2, 0.25) is 0 Å². The van der Waals surface area contributed by atoms with Crippen LogP contribution in [0.25, 0.3) is 0 Å². The van der Waals surface area contributed by atoms with E-state index in [9.17, 15) is 0 Å². The largest absolute Gasteiger partial charge is 0.0988 e. The molecular weight excluding hydrogens is 120 g/mol. The SMILES string of the molecule is C=CC(C)=C(C)C(C)=CC. The van der Waals surface area contributed by atoms with Crippen molar-refractivity contribution in [3.63, 3.8) is 0 Å². The third-order valence-electron chi connectivity index (χ3n) is 1.92. The summed E-state index contributed by atoms with van der Waals surface area (Å²) in [6.07, 6.45) is 4.00. The lowest BCUT2D eigenvalue weighted by molar-refractivity contribution is 1.27. The topological polar surface area (TPSA) is 0 Å². The molecule has 0 nitrogen and oxygen atoms in total. The summed E-state index contributed by atoms with van der Waals surface area (Å²) in [7, 11) is 0. The summed E-state index contributed by atoms with van der Waals surface area (Å²) in [4.78, 5) is 0. The molecule has 0 aliphatic rings. The average molecular weight is 136 g/mol. The first-order valence-corrected chi connectivity index (χ1v) is 3.56. The van der Waals surface area contributed by atoms with Crippen molar-refractivity contribution in [1.29, 1.82) is 0 Å². The maximum Gasteiger partial charge on any atom is -0.0393 e. The summed E-state index contributed by atoms with van der Waals surface area (Å²) in [5, 5.41) is 0. The zero-order valence-electron chi connectivity index (χ0n) is 7.36. The van der Waals surface area contributed by atoms with Crippen LogP contribution in [-0.2, 0) is 0 Å². The van der Waals surface area contributed by atoms with E-state index in [4.69, 9.17) is 0 Å². The molecule has 0 rings (SSSR count). The molecule has 0 saturated carbocycles. The van der Waals surface area contributed by atoms with E-state index in [0.29, 0.717) is 0 Å². The molecule has 0 aromatic heterocycles. The van der Waals surface area contributed by atoms with Crippen LogP contribution >= 0.6 is 0 Å². The van der Waals surface area contributed by atoms with E-state index in [1.165, 1.54) is 16.7 Å². The summed E-state index contributed by atoms with van der Waals surface area (Å²) < 4.78 is 0. The van der Waals surface area contributed by atoms with Gasteiger partial charge in [0.15, 0.2) is 0 Å². The van der Waals surface area contributed by atoms with Crippen LogP contribution in [-0.4, -0.2) is 0 Å². The molecule has 0 heterocycles. The van der Waals surface area contributed by atoms with Crippen LogP contribution < -0.4 is 0 Å². The number of hydrogen-bond acceptors (Lipinski definition) is 0. The van der Waals surface area contributed by atoms with Crippen LogP contribution in [0.4, 0.5) is 0 Å². The quantitative estimate of drug-likeness (QED) is 0.510. The minimum Gasteiger partial charge on any atom is -0.0988 e. The van der Waals surface area contributed by atoms with Crippen LogP contribution in [0.5, 0.6) is 0 Å². The molecule has 0 N–H and O–H groups in total. The Labute approximate surface area is 64.0 Å². The minimum absolute atomic E-state index is 1.26. The molecule has 0 fully saturated rings. The van der Waals surface area contributed by atoms with Crippen molar-refractivity contribution in [2.75, 3.05) is 0 Å². The molecule has 0 aliphatic carbocycles.